The average molecular weight is 352 g/mol. The average Bonchev–Trinajstić information content (AvgIpc) is 2.98. The van der Waals surface area contributed by atoms with Crippen LogP contribution in [0.1, 0.15) is 28.8 Å². The van der Waals surface area contributed by atoms with Crippen molar-refractivity contribution in [1.29, 1.82) is 0 Å². The highest BCUT2D eigenvalue weighted by Crippen LogP contribution is 2.15. The van der Waals surface area contributed by atoms with Gasteiger partial charge in [-0.2, -0.15) is 0 Å². The van der Waals surface area contributed by atoms with Crippen LogP contribution in [-0.2, 0) is 4.79 Å². The summed E-state index contributed by atoms with van der Waals surface area (Å²) in [5, 5.41) is 3.25. The van der Waals surface area contributed by atoms with Gasteiger partial charge in [-0.15, -0.1) is 12.4 Å². The number of halogens is 1. The molecule has 2 saturated heterocycles. The van der Waals surface area contributed by atoms with Crippen LogP contribution in [0, 0.1) is 12.8 Å². The zero-order chi connectivity index (χ0) is 16.2. The zero-order valence-corrected chi connectivity index (χ0v) is 15.0. The summed E-state index contributed by atoms with van der Waals surface area (Å²) >= 11 is 0. The van der Waals surface area contributed by atoms with Gasteiger partial charge in [0.25, 0.3) is 5.91 Å². The third-order valence-corrected chi connectivity index (χ3v) is 4.77. The number of benzene rings is 1. The number of hydrogen-bond acceptors (Lipinski definition) is 3. The van der Waals surface area contributed by atoms with Gasteiger partial charge in [-0.3, -0.25) is 9.59 Å². The molecule has 2 aliphatic rings. The van der Waals surface area contributed by atoms with E-state index in [0.29, 0.717) is 13.1 Å². The van der Waals surface area contributed by atoms with Gasteiger partial charge in [0.15, 0.2) is 0 Å². The predicted molar refractivity (Wildman–Crippen MR) is 96.5 cm³/mol. The summed E-state index contributed by atoms with van der Waals surface area (Å²) < 4.78 is 0. The zero-order valence-electron chi connectivity index (χ0n) is 14.2. The Morgan fingerprint density at radius 1 is 1.12 bits per heavy atom. The fourth-order valence-electron chi connectivity index (χ4n) is 3.43. The van der Waals surface area contributed by atoms with Crippen LogP contribution in [0.15, 0.2) is 24.3 Å². The molecule has 5 nitrogen and oxygen atoms in total. The minimum absolute atomic E-state index is 0. The molecule has 0 aliphatic carbocycles. The molecule has 2 heterocycles. The first kappa shape index (κ1) is 18.7. The van der Waals surface area contributed by atoms with E-state index in [9.17, 15) is 9.59 Å². The Kier molecular flexibility index (Phi) is 6.63. The SMILES string of the molecule is Cc1cccc(C(=O)N2CCCN(C(=O)C3CCNC3)CC2)c1.Cl. The Bertz CT molecular complexity index is 587. The molecule has 2 amide bonds. The minimum Gasteiger partial charge on any atom is -0.341 e. The second kappa shape index (κ2) is 8.49. The lowest BCUT2D eigenvalue weighted by Crippen LogP contribution is -2.40. The van der Waals surface area contributed by atoms with Gasteiger partial charge in [-0.1, -0.05) is 17.7 Å². The van der Waals surface area contributed by atoms with Crippen molar-refractivity contribution in [2.24, 2.45) is 5.92 Å². The molecule has 3 rings (SSSR count). The molecule has 1 atom stereocenters. The lowest BCUT2D eigenvalue weighted by Gasteiger charge is -2.24. The number of carbonyl (C=O) groups is 2. The van der Waals surface area contributed by atoms with E-state index in [4.69, 9.17) is 0 Å². The van der Waals surface area contributed by atoms with Crippen LogP contribution in [0.2, 0.25) is 0 Å². The number of nitrogens with one attached hydrogen (secondary N) is 1. The number of rotatable bonds is 2. The number of hydrogen-bond donors (Lipinski definition) is 1. The summed E-state index contributed by atoms with van der Waals surface area (Å²) in [7, 11) is 0. The Morgan fingerprint density at radius 3 is 2.58 bits per heavy atom. The van der Waals surface area contributed by atoms with Crippen molar-refractivity contribution in [3.63, 3.8) is 0 Å². The highest BCUT2D eigenvalue weighted by Gasteiger charge is 2.29. The maximum absolute atomic E-state index is 12.6. The van der Waals surface area contributed by atoms with Gasteiger partial charge in [-0.25, -0.2) is 0 Å². The predicted octanol–water partition coefficient (Wildman–Crippen LogP) is 1.70. The third kappa shape index (κ3) is 4.28. The van der Waals surface area contributed by atoms with Gasteiger partial charge in [-0.05, 0) is 38.4 Å². The van der Waals surface area contributed by atoms with E-state index in [1.807, 2.05) is 41.0 Å². The molecule has 2 fully saturated rings. The topological polar surface area (TPSA) is 52.7 Å². The van der Waals surface area contributed by atoms with Crippen molar-refractivity contribution < 1.29 is 9.59 Å². The number of carbonyl (C=O) groups excluding carboxylic acids is 2. The quantitative estimate of drug-likeness (QED) is 0.882. The summed E-state index contributed by atoms with van der Waals surface area (Å²) in [6.45, 7) is 6.47. The molecule has 0 saturated carbocycles. The Balaban J connectivity index is 0.00000208. The molecular formula is C18H26ClN3O2. The van der Waals surface area contributed by atoms with Crippen molar-refractivity contribution >= 4 is 24.2 Å². The van der Waals surface area contributed by atoms with Crippen LogP contribution < -0.4 is 5.32 Å². The Hall–Kier alpha value is -1.59. The van der Waals surface area contributed by atoms with E-state index < -0.39 is 0 Å². The normalized spacial score (nSPS) is 21.1. The smallest absolute Gasteiger partial charge is 0.253 e. The van der Waals surface area contributed by atoms with E-state index in [2.05, 4.69) is 5.32 Å². The molecule has 2 aliphatic heterocycles. The van der Waals surface area contributed by atoms with Gasteiger partial charge in [0.2, 0.25) is 5.91 Å². The largest absolute Gasteiger partial charge is 0.341 e. The van der Waals surface area contributed by atoms with Crippen LogP contribution in [-0.4, -0.2) is 60.9 Å². The standard InChI is InChI=1S/C18H25N3O2.ClH/c1-14-4-2-5-15(12-14)17(22)20-8-3-9-21(11-10-20)18(23)16-6-7-19-13-16;/h2,4-5,12,16,19H,3,6-11,13H2,1H3;1H. The number of amides is 2. The van der Waals surface area contributed by atoms with Crippen LogP contribution in [0.4, 0.5) is 0 Å². The maximum atomic E-state index is 12.6. The van der Waals surface area contributed by atoms with Crippen molar-refractivity contribution in [2.75, 3.05) is 39.3 Å². The maximum Gasteiger partial charge on any atom is 0.253 e. The molecule has 1 aromatic rings. The molecule has 1 aromatic carbocycles. The summed E-state index contributed by atoms with van der Waals surface area (Å²) in [6.07, 6.45) is 1.78. The monoisotopic (exact) mass is 351 g/mol. The van der Waals surface area contributed by atoms with E-state index in [1.165, 1.54) is 0 Å². The molecule has 1 unspecified atom stereocenters. The van der Waals surface area contributed by atoms with E-state index >= 15 is 0 Å². The number of aryl methyl sites for hydroxylation is 1. The van der Waals surface area contributed by atoms with Gasteiger partial charge >= 0.3 is 0 Å². The lowest BCUT2D eigenvalue weighted by atomic mass is 10.1. The lowest BCUT2D eigenvalue weighted by molar-refractivity contribution is -0.134. The molecule has 0 spiro atoms. The second-order valence-electron chi connectivity index (χ2n) is 6.53. The number of nitrogens with zero attached hydrogens (tertiary/aromatic N) is 2. The fourth-order valence-corrected chi connectivity index (χ4v) is 3.43. The molecule has 0 radical (unpaired) electrons. The third-order valence-electron chi connectivity index (χ3n) is 4.77. The van der Waals surface area contributed by atoms with E-state index in [0.717, 1.165) is 50.1 Å². The van der Waals surface area contributed by atoms with Crippen LogP contribution in [0.25, 0.3) is 0 Å². The van der Waals surface area contributed by atoms with Crippen LogP contribution in [0.3, 0.4) is 0 Å². The molecule has 0 aromatic heterocycles. The summed E-state index contributed by atoms with van der Waals surface area (Å²) in [4.78, 5) is 29.0. The molecule has 6 heteroatoms. The van der Waals surface area contributed by atoms with Crippen LogP contribution >= 0.6 is 12.4 Å². The van der Waals surface area contributed by atoms with Gasteiger partial charge < -0.3 is 15.1 Å². The first-order valence-corrected chi connectivity index (χ1v) is 8.50. The molecule has 132 valence electrons. The van der Waals surface area contributed by atoms with Gasteiger partial charge in [0, 0.05) is 38.3 Å². The first-order valence-electron chi connectivity index (χ1n) is 8.50. The van der Waals surface area contributed by atoms with Crippen LogP contribution in [0.5, 0.6) is 0 Å². The highest BCUT2D eigenvalue weighted by molar-refractivity contribution is 5.94. The summed E-state index contributed by atoms with van der Waals surface area (Å²) in [5.41, 5.74) is 1.83. The van der Waals surface area contributed by atoms with Gasteiger partial charge in [0.1, 0.15) is 0 Å². The van der Waals surface area contributed by atoms with Gasteiger partial charge in [0.05, 0.1) is 5.92 Å². The van der Waals surface area contributed by atoms with Crippen molar-refractivity contribution in [1.82, 2.24) is 15.1 Å². The van der Waals surface area contributed by atoms with Crippen molar-refractivity contribution in [3.05, 3.63) is 35.4 Å². The summed E-state index contributed by atoms with van der Waals surface area (Å²) in [6, 6.07) is 7.71. The highest BCUT2D eigenvalue weighted by atomic mass is 35.5. The second-order valence-corrected chi connectivity index (χ2v) is 6.53. The molecule has 0 bridgehead atoms. The summed E-state index contributed by atoms with van der Waals surface area (Å²) in [5.74, 6) is 0.444. The Morgan fingerprint density at radius 2 is 1.88 bits per heavy atom. The fraction of sp³-hybridized carbons (Fsp3) is 0.556. The van der Waals surface area contributed by atoms with Crippen molar-refractivity contribution in [2.45, 2.75) is 19.8 Å². The first-order chi connectivity index (χ1) is 11.1. The molecule has 24 heavy (non-hydrogen) atoms. The van der Waals surface area contributed by atoms with E-state index in [-0.39, 0.29) is 30.1 Å². The van der Waals surface area contributed by atoms with E-state index in [1.54, 1.807) is 0 Å². The molecule has 1 N–H and O–H groups in total. The molecular weight excluding hydrogens is 326 g/mol. The minimum atomic E-state index is 0. The Labute approximate surface area is 149 Å². The van der Waals surface area contributed by atoms with Crippen molar-refractivity contribution in [3.8, 4) is 0 Å².